The summed E-state index contributed by atoms with van der Waals surface area (Å²) in [5.41, 5.74) is 6.34. The van der Waals surface area contributed by atoms with Gasteiger partial charge < -0.3 is 20.6 Å². The van der Waals surface area contributed by atoms with E-state index in [1.807, 2.05) is 0 Å². The zero-order valence-electron chi connectivity index (χ0n) is 22.8. The molecule has 0 saturated heterocycles. The number of rotatable bonds is 7. The van der Waals surface area contributed by atoms with E-state index in [4.69, 9.17) is 26.9 Å². The van der Waals surface area contributed by atoms with Gasteiger partial charge in [-0.15, -0.1) is 0 Å². The Balaban J connectivity index is 1.41. The number of anilines is 2. The van der Waals surface area contributed by atoms with Crippen LogP contribution in [-0.2, 0) is 28.0 Å². The van der Waals surface area contributed by atoms with Gasteiger partial charge in [-0.1, -0.05) is 23.7 Å². The van der Waals surface area contributed by atoms with Gasteiger partial charge in [0.05, 0.1) is 28.7 Å². The van der Waals surface area contributed by atoms with Crippen molar-refractivity contribution in [3.05, 3.63) is 82.3 Å². The molecule has 1 aliphatic rings. The molecule has 0 saturated carbocycles. The smallest absolute Gasteiger partial charge is 0.309 e. The Morgan fingerprint density at radius 3 is 2.74 bits per heavy atom. The molecular formula is C29H25ClFN7O4. The van der Waals surface area contributed by atoms with Crippen LogP contribution in [0, 0.1) is 11.2 Å². The molecular weight excluding hydrogens is 565 g/mol. The molecule has 0 aliphatic carbocycles. The Bertz CT molecular complexity index is 1920. The highest BCUT2D eigenvalue weighted by Crippen LogP contribution is 2.45. The molecule has 1 unspecified atom stereocenters. The monoisotopic (exact) mass is 589 g/mol. The normalized spacial score (nSPS) is 16.5. The molecule has 11 nitrogen and oxygen atoms in total. The predicted molar refractivity (Wildman–Crippen MR) is 152 cm³/mol. The molecule has 42 heavy (non-hydrogen) atoms. The topological polar surface area (TPSA) is 162 Å². The highest BCUT2D eigenvalue weighted by atomic mass is 35.5. The van der Waals surface area contributed by atoms with Crippen molar-refractivity contribution in [1.29, 1.82) is 0 Å². The second-order valence-corrected chi connectivity index (χ2v) is 11.5. The summed E-state index contributed by atoms with van der Waals surface area (Å²) in [6.07, 6.45) is 1.43. The summed E-state index contributed by atoms with van der Waals surface area (Å²) in [4.78, 5) is 38.5. The van der Waals surface area contributed by atoms with Gasteiger partial charge in [-0.25, -0.2) is 19.3 Å². The lowest BCUT2D eigenvalue weighted by molar-refractivity contribution is -0.146. The average molecular weight is 590 g/mol. The van der Waals surface area contributed by atoms with Crippen molar-refractivity contribution in [2.45, 2.75) is 39.2 Å². The number of aliphatic carboxylic acids is 1. The molecule has 0 fully saturated rings. The first-order valence-electron chi connectivity index (χ1n) is 13.0. The van der Waals surface area contributed by atoms with Gasteiger partial charge in [0.2, 0.25) is 11.8 Å². The number of carboxylic acid groups (broad SMARTS) is 1. The summed E-state index contributed by atoms with van der Waals surface area (Å²) >= 11 is 6.29. The molecule has 2 aromatic carbocycles. The minimum atomic E-state index is -1.46. The number of carbonyl (C=O) groups excluding carboxylic acids is 1. The molecule has 1 aliphatic heterocycles. The van der Waals surface area contributed by atoms with Crippen LogP contribution >= 0.6 is 11.6 Å². The lowest BCUT2D eigenvalue weighted by atomic mass is 9.84. The minimum Gasteiger partial charge on any atom is -0.481 e. The van der Waals surface area contributed by atoms with Crippen LogP contribution in [0.3, 0.4) is 0 Å². The molecule has 4 heterocycles. The minimum absolute atomic E-state index is 0.0169. The van der Waals surface area contributed by atoms with Crippen LogP contribution < -0.4 is 11.1 Å². The SMILES string of the molecule is CC(C)(Cc1coc(C2(C)C(=O)Nc3nc(-c4nn(Cc5cccc(F)c5)c5cc(Cl)ccc45)nc(N)c32)n1)C(=O)O. The standard InChI is InChI=1S/C29H25ClFN7O4/c1-28(2,27(40)41)11-17-13-42-26(33-17)29(3)20-22(32)34-24(35-23(20)36-25(29)39)21-18-8-7-15(30)10-19(18)38(37-21)12-14-5-4-6-16(31)9-14/h4-10,13H,11-12H2,1-3H3,(H,40,41)(H3,32,34,35,36,39). The van der Waals surface area contributed by atoms with Gasteiger partial charge in [0.25, 0.3) is 0 Å². The fraction of sp³-hybridized carbons (Fsp3) is 0.241. The first kappa shape index (κ1) is 27.3. The number of nitrogen functional groups attached to an aromatic ring is 1. The molecule has 6 rings (SSSR count). The summed E-state index contributed by atoms with van der Waals surface area (Å²) in [5.74, 6) is -1.43. The molecule has 5 aromatic rings. The van der Waals surface area contributed by atoms with Gasteiger partial charge in [0.15, 0.2) is 11.2 Å². The largest absolute Gasteiger partial charge is 0.481 e. The second kappa shape index (κ2) is 9.62. The first-order valence-corrected chi connectivity index (χ1v) is 13.3. The Kier molecular flexibility index (Phi) is 6.26. The van der Waals surface area contributed by atoms with E-state index in [9.17, 15) is 19.1 Å². The molecule has 0 spiro atoms. The third-order valence-corrected chi connectivity index (χ3v) is 7.69. The lowest BCUT2D eigenvalue weighted by Crippen LogP contribution is -2.33. The van der Waals surface area contributed by atoms with Crippen molar-refractivity contribution in [2.24, 2.45) is 5.41 Å². The molecule has 0 bridgehead atoms. The van der Waals surface area contributed by atoms with Crippen LogP contribution in [0.1, 0.15) is 43.5 Å². The van der Waals surface area contributed by atoms with Gasteiger partial charge in [0, 0.05) is 16.8 Å². The Labute approximate surface area is 243 Å². The fourth-order valence-electron chi connectivity index (χ4n) is 5.10. The number of nitrogens with two attached hydrogens (primary N) is 1. The van der Waals surface area contributed by atoms with Crippen molar-refractivity contribution >= 4 is 46.0 Å². The number of hydrogen-bond acceptors (Lipinski definition) is 8. The molecule has 4 N–H and O–H groups in total. The Morgan fingerprint density at radius 1 is 1.21 bits per heavy atom. The van der Waals surface area contributed by atoms with Gasteiger partial charge in [0.1, 0.15) is 29.4 Å². The summed E-state index contributed by atoms with van der Waals surface area (Å²) in [6.45, 7) is 5.01. The zero-order valence-corrected chi connectivity index (χ0v) is 23.5. The van der Waals surface area contributed by atoms with E-state index in [1.165, 1.54) is 18.4 Å². The number of halogens is 2. The number of carboxylic acids is 1. The summed E-state index contributed by atoms with van der Waals surface area (Å²) < 4.78 is 21.2. The van der Waals surface area contributed by atoms with E-state index in [0.29, 0.717) is 32.9 Å². The van der Waals surface area contributed by atoms with Gasteiger partial charge in [-0.3, -0.25) is 14.3 Å². The third-order valence-electron chi connectivity index (χ3n) is 7.45. The Morgan fingerprint density at radius 2 is 2.00 bits per heavy atom. The second-order valence-electron chi connectivity index (χ2n) is 11.0. The van der Waals surface area contributed by atoms with Crippen LogP contribution in [-0.4, -0.2) is 41.7 Å². The quantitative estimate of drug-likeness (QED) is 0.242. The van der Waals surface area contributed by atoms with Crippen molar-refractivity contribution in [3.63, 3.8) is 0 Å². The summed E-state index contributed by atoms with van der Waals surface area (Å²) in [7, 11) is 0. The van der Waals surface area contributed by atoms with Crippen LogP contribution in [0.2, 0.25) is 5.02 Å². The molecule has 214 valence electrons. The number of benzene rings is 2. The van der Waals surface area contributed by atoms with Gasteiger partial charge in [-0.05, 0) is 56.7 Å². The van der Waals surface area contributed by atoms with E-state index in [1.54, 1.807) is 55.8 Å². The maximum absolute atomic E-state index is 13.9. The van der Waals surface area contributed by atoms with Gasteiger partial charge >= 0.3 is 5.97 Å². The highest BCUT2D eigenvalue weighted by Gasteiger charge is 2.51. The van der Waals surface area contributed by atoms with Crippen LogP contribution in [0.4, 0.5) is 16.0 Å². The van der Waals surface area contributed by atoms with Crippen molar-refractivity contribution in [2.75, 3.05) is 11.1 Å². The number of amides is 1. The summed E-state index contributed by atoms with van der Waals surface area (Å²) in [5, 5.41) is 18.1. The number of nitrogens with one attached hydrogen (secondary N) is 1. The highest BCUT2D eigenvalue weighted by molar-refractivity contribution is 6.31. The maximum Gasteiger partial charge on any atom is 0.309 e. The van der Waals surface area contributed by atoms with Gasteiger partial charge in [-0.2, -0.15) is 5.10 Å². The van der Waals surface area contributed by atoms with Crippen molar-refractivity contribution in [1.82, 2.24) is 24.7 Å². The number of hydrogen-bond donors (Lipinski definition) is 3. The average Bonchev–Trinajstić information content (AvgIpc) is 3.59. The van der Waals surface area contributed by atoms with E-state index >= 15 is 0 Å². The Hall–Kier alpha value is -4.84. The van der Waals surface area contributed by atoms with Crippen LogP contribution in [0.25, 0.3) is 22.4 Å². The predicted octanol–water partition coefficient (Wildman–Crippen LogP) is 4.82. The van der Waals surface area contributed by atoms with Crippen LogP contribution in [0.15, 0.2) is 53.1 Å². The summed E-state index contributed by atoms with van der Waals surface area (Å²) in [6, 6.07) is 11.4. The molecule has 1 atom stereocenters. The lowest BCUT2D eigenvalue weighted by Gasteiger charge is -2.19. The molecule has 1 amide bonds. The maximum atomic E-state index is 13.9. The van der Waals surface area contributed by atoms with E-state index in [0.717, 1.165) is 0 Å². The van der Waals surface area contributed by atoms with E-state index < -0.39 is 22.7 Å². The number of fused-ring (bicyclic) bond motifs is 2. The fourth-order valence-corrected chi connectivity index (χ4v) is 5.27. The molecule has 13 heteroatoms. The molecule has 0 radical (unpaired) electrons. The number of aromatic nitrogens is 5. The van der Waals surface area contributed by atoms with Crippen LogP contribution in [0.5, 0.6) is 0 Å². The van der Waals surface area contributed by atoms with Crippen molar-refractivity contribution < 1.29 is 23.5 Å². The van der Waals surface area contributed by atoms with E-state index in [-0.39, 0.29) is 47.7 Å². The molecule has 3 aromatic heterocycles. The first-order chi connectivity index (χ1) is 19.9. The number of carbonyl (C=O) groups is 2. The zero-order chi connectivity index (χ0) is 30.0. The van der Waals surface area contributed by atoms with E-state index in [2.05, 4.69) is 20.3 Å². The van der Waals surface area contributed by atoms with Crippen molar-refractivity contribution in [3.8, 4) is 11.5 Å². The number of nitrogens with zero attached hydrogens (tertiary/aromatic N) is 5. The number of oxazole rings is 1. The third kappa shape index (κ3) is 4.44.